The molecular formula is C16H20ClNO2S. The number of hydrogen-bond acceptors (Lipinski definition) is 4. The molecule has 1 atom stereocenters. The van der Waals surface area contributed by atoms with Crippen LogP contribution in [0.2, 0.25) is 5.02 Å². The summed E-state index contributed by atoms with van der Waals surface area (Å²) < 4.78 is 5.13. The Balaban J connectivity index is 2.13. The minimum absolute atomic E-state index is 0.0124. The van der Waals surface area contributed by atoms with Crippen LogP contribution >= 0.6 is 22.9 Å². The molecule has 0 saturated heterocycles. The molecular weight excluding hydrogens is 306 g/mol. The maximum atomic E-state index is 9.76. The van der Waals surface area contributed by atoms with Crippen molar-refractivity contribution >= 4 is 22.9 Å². The summed E-state index contributed by atoms with van der Waals surface area (Å²) >= 11 is 7.77. The lowest BCUT2D eigenvalue weighted by molar-refractivity contribution is 0.372. The number of halogens is 1. The highest BCUT2D eigenvalue weighted by molar-refractivity contribution is 7.10. The molecule has 2 aromatic rings. The molecule has 3 nitrogen and oxygen atoms in total. The zero-order valence-electron chi connectivity index (χ0n) is 12.4. The van der Waals surface area contributed by atoms with E-state index in [4.69, 9.17) is 16.3 Å². The van der Waals surface area contributed by atoms with Gasteiger partial charge in [-0.2, -0.15) is 0 Å². The minimum atomic E-state index is -0.0124. The van der Waals surface area contributed by atoms with Gasteiger partial charge in [0.2, 0.25) is 0 Å². The van der Waals surface area contributed by atoms with Crippen molar-refractivity contribution < 1.29 is 9.84 Å². The number of phenols is 1. The van der Waals surface area contributed by atoms with Crippen LogP contribution in [0.4, 0.5) is 0 Å². The van der Waals surface area contributed by atoms with Crippen molar-refractivity contribution in [1.29, 1.82) is 0 Å². The molecule has 0 spiro atoms. The van der Waals surface area contributed by atoms with Crippen LogP contribution in [-0.2, 0) is 6.54 Å². The van der Waals surface area contributed by atoms with Crippen LogP contribution in [0.3, 0.4) is 0 Å². The predicted octanol–water partition coefficient (Wildman–Crippen LogP) is 4.60. The number of ether oxygens (including phenoxy) is 1. The number of methoxy groups -OCH3 is 1. The molecule has 0 fully saturated rings. The average Bonchev–Trinajstić information content (AvgIpc) is 2.96. The van der Waals surface area contributed by atoms with E-state index >= 15 is 0 Å². The summed E-state index contributed by atoms with van der Waals surface area (Å²) in [6.07, 6.45) is 0. The number of thiophene rings is 1. The van der Waals surface area contributed by atoms with E-state index in [9.17, 15) is 5.11 Å². The van der Waals surface area contributed by atoms with E-state index in [-0.39, 0.29) is 5.75 Å². The van der Waals surface area contributed by atoms with Gasteiger partial charge in [-0.25, -0.2) is 0 Å². The molecule has 0 bridgehead atoms. The molecule has 114 valence electrons. The van der Waals surface area contributed by atoms with Crippen LogP contribution in [-0.4, -0.2) is 12.2 Å². The number of rotatable bonds is 6. The van der Waals surface area contributed by atoms with Gasteiger partial charge in [0.25, 0.3) is 0 Å². The first kappa shape index (κ1) is 16.1. The van der Waals surface area contributed by atoms with Crippen molar-refractivity contribution in [1.82, 2.24) is 5.32 Å². The van der Waals surface area contributed by atoms with Crippen molar-refractivity contribution in [3.05, 3.63) is 45.1 Å². The van der Waals surface area contributed by atoms with E-state index in [0.29, 0.717) is 29.3 Å². The Bertz CT molecular complexity index is 584. The van der Waals surface area contributed by atoms with E-state index in [1.165, 1.54) is 12.0 Å². The van der Waals surface area contributed by atoms with Gasteiger partial charge in [0.15, 0.2) is 11.5 Å². The maximum absolute atomic E-state index is 9.76. The fraction of sp³-hybridized carbons (Fsp3) is 0.375. The van der Waals surface area contributed by atoms with Gasteiger partial charge in [0.1, 0.15) is 0 Å². The molecule has 0 unspecified atom stereocenters. The Kier molecular flexibility index (Phi) is 5.51. The molecule has 0 aliphatic heterocycles. The van der Waals surface area contributed by atoms with E-state index in [1.54, 1.807) is 23.5 Å². The highest BCUT2D eigenvalue weighted by Crippen LogP contribution is 2.35. The highest BCUT2D eigenvalue weighted by atomic mass is 35.5. The molecule has 0 saturated carbocycles. The summed E-state index contributed by atoms with van der Waals surface area (Å²) in [6, 6.07) is 8.08. The van der Waals surface area contributed by atoms with Gasteiger partial charge in [-0.3, -0.25) is 0 Å². The normalized spacial score (nSPS) is 12.6. The molecule has 0 amide bonds. The SMILES string of the molecule is COc1cc(CN[C@@H](c2cccs2)C(C)C)cc(Cl)c1O. The van der Waals surface area contributed by atoms with Gasteiger partial charge in [-0.15, -0.1) is 11.3 Å². The average molecular weight is 326 g/mol. The molecule has 21 heavy (non-hydrogen) atoms. The van der Waals surface area contributed by atoms with Crippen LogP contribution in [0.15, 0.2) is 29.6 Å². The van der Waals surface area contributed by atoms with Gasteiger partial charge in [-0.05, 0) is 35.1 Å². The largest absolute Gasteiger partial charge is 0.503 e. The van der Waals surface area contributed by atoms with Crippen LogP contribution < -0.4 is 10.1 Å². The highest BCUT2D eigenvalue weighted by Gasteiger charge is 2.17. The third-order valence-electron chi connectivity index (χ3n) is 3.35. The molecule has 1 heterocycles. The number of aromatic hydroxyl groups is 1. The summed E-state index contributed by atoms with van der Waals surface area (Å²) in [6.45, 7) is 5.06. The molecule has 1 aromatic carbocycles. The zero-order chi connectivity index (χ0) is 15.4. The zero-order valence-corrected chi connectivity index (χ0v) is 14.0. The number of nitrogens with one attached hydrogen (secondary N) is 1. The third kappa shape index (κ3) is 3.90. The number of hydrogen-bond donors (Lipinski definition) is 2. The Labute approximate surface area is 134 Å². The lowest BCUT2D eigenvalue weighted by Crippen LogP contribution is -2.24. The summed E-state index contributed by atoms with van der Waals surface area (Å²) in [4.78, 5) is 1.32. The summed E-state index contributed by atoms with van der Waals surface area (Å²) in [7, 11) is 1.52. The molecule has 1 aromatic heterocycles. The third-order valence-corrected chi connectivity index (χ3v) is 4.59. The molecule has 5 heteroatoms. The quantitative estimate of drug-likeness (QED) is 0.815. The first-order chi connectivity index (χ1) is 10.0. The Morgan fingerprint density at radius 3 is 2.71 bits per heavy atom. The lowest BCUT2D eigenvalue weighted by atomic mass is 10.0. The first-order valence-corrected chi connectivity index (χ1v) is 8.10. The fourth-order valence-electron chi connectivity index (χ4n) is 2.25. The summed E-state index contributed by atoms with van der Waals surface area (Å²) in [5.74, 6) is 0.872. The van der Waals surface area contributed by atoms with Crippen molar-refractivity contribution in [2.24, 2.45) is 5.92 Å². The van der Waals surface area contributed by atoms with Gasteiger partial charge in [-0.1, -0.05) is 31.5 Å². The molecule has 0 radical (unpaired) electrons. The summed E-state index contributed by atoms with van der Waals surface area (Å²) in [5, 5.41) is 15.7. The van der Waals surface area contributed by atoms with E-state index in [2.05, 4.69) is 36.7 Å². The van der Waals surface area contributed by atoms with Gasteiger partial charge in [0, 0.05) is 17.5 Å². The van der Waals surface area contributed by atoms with E-state index in [0.717, 1.165) is 5.56 Å². The molecule has 0 aliphatic rings. The minimum Gasteiger partial charge on any atom is -0.503 e. The molecule has 0 aliphatic carbocycles. The Morgan fingerprint density at radius 2 is 2.14 bits per heavy atom. The van der Waals surface area contributed by atoms with Crippen LogP contribution in [0, 0.1) is 5.92 Å². The first-order valence-electron chi connectivity index (χ1n) is 6.85. The van der Waals surface area contributed by atoms with Crippen molar-refractivity contribution in [2.75, 3.05) is 7.11 Å². The smallest absolute Gasteiger partial charge is 0.176 e. The Morgan fingerprint density at radius 1 is 1.38 bits per heavy atom. The monoisotopic (exact) mass is 325 g/mol. The molecule has 2 N–H and O–H groups in total. The van der Waals surface area contributed by atoms with Gasteiger partial charge in [0.05, 0.1) is 12.1 Å². The van der Waals surface area contributed by atoms with Crippen LogP contribution in [0.5, 0.6) is 11.5 Å². The Hall–Kier alpha value is -1.23. The number of benzene rings is 1. The van der Waals surface area contributed by atoms with Gasteiger partial charge >= 0.3 is 0 Å². The van der Waals surface area contributed by atoms with Crippen LogP contribution in [0.1, 0.15) is 30.3 Å². The molecule has 2 rings (SSSR count). The van der Waals surface area contributed by atoms with E-state index in [1.807, 2.05) is 0 Å². The van der Waals surface area contributed by atoms with Crippen molar-refractivity contribution in [2.45, 2.75) is 26.4 Å². The lowest BCUT2D eigenvalue weighted by Gasteiger charge is -2.21. The van der Waals surface area contributed by atoms with Gasteiger partial charge < -0.3 is 15.2 Å². The second kappa shape index (κ2) is 7.16. The second-order valence-electron chi connectivity index (χ2n) is 5.25. The second-order valence-corrected chi connectivity index (χ2v) is 6.63. The predicted molar refractivity (Wildman–Crippen MR) is 88.4 cm³/mol. The maximum Gasteiger partial charge on any atom is 0.176 e. The van der Waals surface area contributed by atoms with Crippen LogP contribution in [0.25, 0.3) is 0 Å². The number of phenolic OH excluding ortho intramolecular Hbond substituents is 1. The van der Waals surface area contributed by atoms with E-state index < -0.39 is 0 Å². The summed E-state index contributed by atoms with van der Waals surface area (Å²) in [5.41, 5.74) is 0.983. The standard InChI is InChI=1S/C16H20ClNO2S/c1-10(2)15(14-5-4-6-21-14)18-9-11-7-12(17)16(19)13(8-11)20-3/h4-8,10,15,18-19H,9H2,1-3H3/t15-/m1/s1. The van der Waals surface area contributed by atoms with Crippen molar-refractivity contribution in [3.63, 3.8) is 0 Å². The fourth-order valence-corrected chi connectivity index (χ4v) is 3.45. The topological polar surface area (TPSA) is 41.5 Å². The van der Waals surface area contributed by atoms with Crippen molar-refractivity contribution in [3.8, 4) is 11.5 Å².